The fourth-order valence-electron chi connectivity index (χ4n) is 6.62. The van der Waals surface area contributed by atoms with Crippen molar-refractivity contribution in [3.05, 3.63) is 46.5 Å². The molecule has 188 valence electrons. The third-order valence-electron chi connectivity index (χ3n) is 8.61. The molecule has 0 saturated carbocycles. The number of ether oxygens (including phenoxy) is 4. The van der Waals surface area contributed by atoms with Crippen LogP contribution in [0.2, 0.25) is 0 Å². The summed E-state index contributed by atoms with van der Waals surface area (Å²) in [7, 11) is 4.43. The number of aryl methyl sites for hydroxylation is 2. The molecule has 4 heterocycles. The highest BCUT2D eigenvalue weighted by molar-refractivity contribution is 5.51. The van der Waals surface area contributed by atoms with Crippen molar-refractivity contribution in [3.8, 4) is 23.0 Å². The van der Waals surface area contributed by atoms with E-state index >= 15 is 0 Å². The highest BCUT2D eigenvalue weighted by Crippen LogP contribution is 2.46. The van der Waals surface area contributed by atoms with Gasteiger partial charge in [0.2, 0.25) is 6.79 Å². The lowest BCUT2D eigenvalue weighted by Gasteiger charge is -2.41. The van der Waals surface area contributed by atoms with Crippen LogP contribution in [0.25, 0.3) is 0 Å². The molecule has 0 amide bonds. The monoisotopic (exact) mass is 478 g/mol. The minimum Gasteiger partial charge on any atom is -0.493 e. The number of hydrogen-bond acceptors (Lipinski definition) is 6. The van der Waals surface area contributed by atoms with E-state index in [-0.39, 0.29) is 6.79 Å². The summed E-state index contributed by atoms with van der Waals surface area (Å²) < 4.78 is 24.6. The molecule has 6 rings (SSSR count). The van der Waals surface area contributed by atoms with Crippen LogP contribution in [0.4, 0.5) is 0 Å². The smallest absolute Gasteiger partial charge is 0.230 e. The van der Waals surface area contributed by atoms with Crippen molar-refractivity contribution in [1.29, 1.82) is 0 Å². The SMILES string of the molecule is Cc1cc(OCOc2cc(C)c3c(c2)[C@H]2CN(C)CC[C@H]2CO3)cc2c1OC[C@@H]1CCN(C)C[C@H]21. The molecule has 2 saturated heterocycles. The first kappa shape index (κ1) is 23.0. The summed E-state index contributed by atoms with van der Waals surface area (Å²) in [5, 5.41) is 0. The number of piperidine rings is 2. The fourth-order valence-corrected chi connectivity index (χ4v) is 6.62. The largest absolute Gasteiger partial charge is 0.493 e. The molecule has 0 bridgehead atoms. The first-order valence-corrected chi connectivity index (χ1v) is 13.1. The summed E-state index contributed by atoms with van der Waals surface area (Å²) in [6.45, 7) is 10.5. The van der Waals surface area contributed by atoms with Gasteiger partial charge in [0.1, 0.15) is 23.0 Å². The zero-order valence-corrected chi connectivity index (χ0v) is 21.5. The van der Waals surface area contributed by atoms with E-state index in [0.29, 0.717) is 23.7 Å². The maximum Gasteiger partial charge on any atom is 0.230 e. The second-order valence-corrected chi connectivity index (χ2v) is 11.2. The molecule has 0 unspecified atom stereocenters. The van der Waals surface area contributed by atoms with Crippen molar-refractivity contribution in [2.24, 2.45) is 11.8 Å². The molecule has 2 fully saturated rings. The Hall–Kier alpha value is -2.44. The molecular formula is C29H38N2O4. The molecule has 6 nitrogen and oxygen atoms in total. The molecule has 2 aromatic rings. The Bertz CT molecular complexity index is 1020. The summed E-state index contributed by atoms with van der Waals surface area (Å²) in [5.41, 5.74) is 4.85. The third-order valence-corrected chi connectivity index (χ3v) is 8.61. The summed E-state index contributed by atoms with van der Waals surface area (Å²) in [5.74, 6) is 5.99. The zero-order chi connectivity index (χ0) is 24.1. The Labute approximate surface area is 209 Å². The summed E-state index contributed by atoms with van der Waals surface area (Å²) in [4.78, 5) is 4.86. The average Bonchev–Trinajstić information content (AvgIpc) is 2.84. The van der Waals surface area contributed by atoms with Crippen LogP contribution in [0.15, 0.2) is 24.3 Å². The lowest BCUT2D eigenvalue weighted by Crippen LogP contribution is -2.41. The van der Waals surface area contributed by atoms with E-state index in [2.05, 4.69) is 62.0 Å². The van der Waals surface area contributed by atoms with Crippen molar-refractivity contribution in [2.75, 3.05) is 60.3 Å². The van der Waals surface area contributed by atoms with E-state index in [0.717, 1.165) is 73.5 Å². The van der Waals surface area contributed by atoms with Crippen LogP contribution in [-0.2, 0) is 0 Å². The molecule has 0 aromatic heterocycles. The van der Waals surface area contributed by atoms with Crippen LogP contribution < -0.4 is 18.9 Å². The van der Waals surface area contributed by atoms with Crippen LogP contribution in [0.1, 0.15) is 46.9 Å². The molecular weight excluding hydrogens is 440 g/mol. The molecule has 4 aliphatic heterocycles. The average molecular weight is 479 g/mol. The number of likely N-dealkylation sites (tertiary alicyclic amines) is 2. The lowest BCUT2D eigenvalue weighted by molar-refractivity contribution is 0.106. The summed E-state index contributed by atoms with van der Waals surface area (Å²) >= 11 is 0. The minimum absolute atomic E-state index is 0.181. The quantitative estimate of drug-likeness (QED) is 0.600. The first-order valence-electron chi connectivity index (χ1n) is 13.1. The van der Waals surface area contributed by atoms with Crippen molar-refractivity contribution >= 4 is 0 Å². The van der Waals surface area contributed by atoms with Crippen molar-refractivity contribution in [1.82, 2.24) is 9.80 Å². The lowest BCUT2D eigenvalue weighted by atomic mass is 9.78. The predicted octanol–water partition coefficient (Wildman–Crippen LogP) is 4.57. The van der Waals surface area contributed by atoms with Crippen LogP contribution >= 0.6 is 0 Å². The molecule has 4 atom stereocenters. The minimum atomic E-state index is 0.181. The Balaban J connectivity index is 1.18. The van der Waals surface area contributed by atoms with Crippen molar-refractivity contribution in [2.45, 2.75) is 38.5 Å². The van der Waals surface area contributed by atoms with Crippen LogP contribution in [0.5, 0.6) is 23.0 Å². The number of likely N-dealkylation sites (N-methyl/N-ethyl adjacent to an activating group) is 2. The molecule has 0 radical (unpaired) electrons. The number of benzene rings is 2. The Morgan fingerprint density at radius 1 is 0.743 bits per heavy atom. The predicted molar refractivity (Wildman–Crippen MR) is 136 cm³/mol. The van der Waals surface area contributed by atoms with Gasteiger partial charge in [0.05, 0.1) is 13.2 Å². The van der Waals surface area contributed by atoms with Gasteiger partial charge in [-0.15, -0.1) is 0 Å². The standard InChI is InChI=1S/C29H38N2O4/c1-18-9-22(11-24-26-13-30(3)7-5-20(26)15-32-28(18)24)34-17-35-23-10-19(2)29-25(12-23)27-14-31(4)8-6-21(27)16-33-29/h9-12,20-21,26-27H,5-8,13-17H2,1-4H3/t20-,21-,26-,27-/m0/s1. The molecule has 0 aliphatic carbocycles. The van der Waals surface area contributed by atoms with E-state index in [1.807, 2.05) is 0 Å². The van der Waals surface area contributed by atoms with Crippen molar-refractivity contribution < 1.29 is 18.9 Å². The Kier molecular flexibility index (Phi) is 6.05. The van der Waals surface area contributed by atoms with Gasteiger partial charge >= 0.3 is 0 Å². The number of nitrogens with zero attached hydrogens (tertiary/aromatic N) is 2. The molecule has 2 aromatic carbocycles. The molecule has 0 spiro atoms. The van der Waals surface area contributed by atoms with Gasteiger partial charge in [-0.1, -0.05) is 0 Å². The van der Waals surface area contributed by atoms with Gasteiger partial charge in [-0.25, -0.2) is 0 Å². The van der Waals surface area contributed by atoms with Crippen LogP contribution in [0, 0.1) is 25.7 Å². The highest BCUT2D eigenvalue weighted by Gasteiger charge is 2.37. The molecule has 6 heteroatoms. The van der Waals surface area contributed by atoms with E-state index in [1.54, 1.807) is 0 Å². The number of hydrogen-bond donors (Lipinski definition) is 0. The molecule has 35 heavy (non-hydrogen) atoms. The van der Waals surface area contributed by atoms with E-state index < -0.39 is 0 Å². The fraction of sp³-hybridized carbons (Fsp3) is 0.586. The van der Waals surface area contributed by atoms with Crippen LogP contribution in [0.3, 0.4) is 0 Å². The molecule has 0 N–H and O–H groups in total. The van der Waals surface area contributed by atoms with Crippen molar-refractivity contribution in [3.63, 3.8) is 0 Å². The maximum atomic E-state index is 6.18. The van der Waals surface area contributed by atoms with Gasteiger partial charge in [-0.05, 0) is 89.3 Å². The third kappa shape index (κ3) is 4.36. The number of fused-ring (bicyclic) bond motifs is 6. The van der Waals surface area contributed by atoms with E-state index in [4.69, 9.17) is 18.9 Å². The second-order valence-electron chi connectivity index (χ2n) is 11.2. The van der Waals surface area contributed by atoms with Gasteiger partial charge in [0.15, 0.2) is 0 Å². The second kappa shape index (κ2) is 9.21. The van der Waals surface area contributed by atoms with Gasteiger partial charge in [0, 0.05) is 47.9 Å². The van der Waals surface area contributed by atoms with Crippen LogP contribution in [-0.4, -0.2) is 70.1 Å². The van der Waals surface area contributed by atoms with Gasteiger partial charge < -0.3 is 28.7 Å². The Morgan fingerprint density at radius 2 is 1.20 bits per heavy atom. The van der Waals surface area contributed by atoms with E-state index in [1.165, 1.54) is 24.0 Å². The topological polar surface area (TPSA) is 43.4 Å². The summed E-state index contributed by atoms with van der Waals surface area (Å²) in [6.07, 6.45) is 2.37. The normalized spacial score (nSPS) is 28.0. The maximum absolute atomic E-state index is 6.18. The van der Waals surface area contributed by atoms with Gasteiger partial charge in [-0.3, -0.25) is 0 Å². The summed E-state index contributed by atoms with van der Waals surface area (Å²) in [6, 6.07) is 8.50. The van der Waals surface area contributed by atoms with Gasteiger partial charge in [-0.2, -0.15) is 0 Å². The van der Waals surface area contributed by atoms with E-state index in [9.17, 15) is 0 Å². The zero-order valence-electron chi connectivity index (χ0n) is 21.5. The first-order chi connectivity index (χ1) is 17.0. The Morgan fingerprint density at radius 3 is 1.66 bits per heavy atom. The molecule has 4 aliphatic rings. The highest BCUT2D eigenvalue weighted by atomic mass is 16.7. The van der Waals surface area contributed by atoms with Gasteiger partial charge in [0.25, 0.3) is 0 Å². The number of rotatable bonds is 4.